The quantitative estimate of drug-likeness (QED) is 0.510. The molecule has 25 heavy (non-hydrogen) atoms. The highest BCUT2D eigenvalue weighted by molar-refractivity contribution is 5.99. The lowest BCUT2D eigenvalue weighted by Crippen LogP contribution is -2.26. The highest BCUT2D eigenvalue weighted by atomic mass is 16.6. The number of hydrogen-bond donors (Lipinski definition) is 1. The Labute approximate surface area is 148 Å². The van der Waals surface area contributed by atoms with E-state index in [-0.39, 0.29) is 23.6 Å². The van der Waals surface area contributed by atoms with Crippen LogP contribution in [0.3, 0.4) is 0 Å². The topological polar surface area (TPSA) is 95.0 Å². The van der Waals surface area contributed by atoms with Crippen molar-refractivity contribution in [2.75, 3.05) is 20.3 Å². The standard InChI is InChI=1S/C18H27NO6/c1-11(2)9-24-10-13(4)25-18(22)12(3)8-14(20)16-17(21)15(23-5)6-7-19-16/h6-7,11-13,21H,8-10H2,1-5H3/t12-,13+/m1/s1. The number of aromatic hydroxyl groups is 1. The number of aromatic nitrogens is 1. The Morgan fingerprint density at radius 2 is 1.88 bits per heavy atom. The van der Waals surface area contributed by atoms with E-state index in [1.165, 1.54) is 19.4 Å². The van der Waals surface area contributed by atoms with Gasteiger partial charge in [-0.05, 0) is 12.8 Å². The van der Waals surface area contributed by atoms with Gasteiger partial charge in [0.15, 0.2) is 23.0 Å². The van der Waals surface area contributed by atoms with E-state index in [1.807, 2.05) is 13.8 Å². The van der Waals surface area contributed by atoms with Gasteiger partial charge in [-0.15, -0.1) is 0 Å². The van der Waals surface area contributed by atoms with Crippen molar-refractivity contribution in [3.8, 4) is 11.5 Å². The van der Waals surface area contributed by atoms with E-state index >= 15 is 0 Å². The van der Waals surface area contributed by atoms with Gasteiger partial charge in [0, 0.05) is 25.3 Å². The van der Waals surface area contributed by atoms with Crippen LogP contribution >= 0.6 is 0 Å². The fourth-order valence-electron chi connectivity index (χ4n) is 2.08. The third-order valence-electron chi connectivity index (χ3n) is 3.39. The Bertz CT molecular complexity index is 587. The van der Waals surface area contributed by atoms with Gasteiger partial charge in [0.1, 0.15) is 6.10 Å². The van der Waals surface area contributed by atoms with Gasteiger partial charge in [0.2, 0.25) is 0 Å². The molecule has 0 amide bonds. The fraction of sp³-hybridized carbons (Fsp3) is 0.611. The number of ether oxygens (including phenoxy) is 3. The Hall–Kier alpha value is -2.15. The molecule has 0 aliphatic heterocycles. The predicted molar refractivity (Wildman–Crippen MR) is 91.8 cm³/mol. The monoisotopic (exact) mass is 353 g/mol. The normalized spacial score (nSPS) is 13.4. The summed E-state index contributed by atoms with van der Waals surface area (Å²) in [6, 6.07) is 1.45. The lowest BCUT2D eigenvalue weighted by molar-refractivity contribution is -0.155. The van der Waals surface area contributed by atoms with Crippen molar-refractivity contribution in [2.24, 2.45) is 11.8 Å². The zero-order chi connectivity index (χ0) is 19.0. The minimum Gasteiger partial charge on any atom is -0.503 e. The molecule has 7 nitrogen and oxygen atoms in total. The molecule has 1 aromatic heterocycles. The lowest BCUT2D eigenvalue weighted by Gasteiger charge is -2.17. The van der Waals surface area contributed by atoms with Crippen molar-refractivity contribution >= 4 is 11.8 Å². The number of carbonyl (C=O) groups is 2. The minimum atomic E-state index is -0.660. The van der Waals surface area contributed by atoms with Crippen LogP contribution in [0.15, 0.2) is 12.3 Å². The molecule has 1 aromatic rings. The van der Waals surface area contributed by atoms with Crippen molar-refractivity contribution in [3.05, 3.63) is 18.0 Å². The highest BCUT2D eigenvalue weighted by Gasteiger charge is 2.24. The van der Waals surface area contributed by atoms with E-state index in [2.05, 4.69) is 4.98 Å². The molecule has 7 heteroatoms. The first kappa shape index (κ1) is 20.9. The van der Waals surface area contributed by atoms with Gasteiger partial charge in [0.05, 0.1) is 19.6 Å². The molecule has 2 atom stereocenters. The number of hydrogen-bond acceptors (Lipinski definition) is 7. The van der Waals surface area contributed by atoms with E-state index in [0.29, 0.717) is 19.1 Å². The smallest absolute Gasteiger partial charge is 0.309 e. The number of rotatable bonds is 10. The first-order chi connectivity index (χ1) is 11.8. The predicted octanol–water partition coefficient (Wildman–Crippen LogP) is 2.61. The van der Waals surface area contributed by atoms with Crippen LogP contribution in [0.5, 0.6) is 11.5 Å². The number of esters is 1. The first-order valence-corrected chi connectivity index (χ1v) is 8.29. The summed E-state index contributed by atoms with van der Waals surface area (Å²) < 4.78 is 15.7. The van der Waals surface area contributed by atoms with E-state index in [4.69, 9.17) is 14.2 Å². The van der Waals surface area contributed by atoms with Crippen LogP contribution in [-0.4, -0.2) is 48.3 Å². The summed E-state index contributed by atoms with van der Waals surface area (Å²) in [6.07, 6.45) is 0.849. The summed E-state index contributed by atoms with van der Waals surface area (Å²) in [7, 11) is 1.38. The van der Waals surface area contributed by atoms with Crippen LogP contribution in [0.4, 0.5) is 0 Å². The Morgan fingerprint density at radius 3 is 2.48 bits per heavy atom. The molecule has 1 N–H and O–H groups in total. The number of nitrogens with zero attached hydrogens (tertiary/aromatic N) is 1. The minimum absolute atomic E-state index is 0.118. The zero-order valence-electron chi connectivity index (χ0n) is 15.4. The van der Waals surface area contributed by atoms with E-state index in [0.717, 1.165) is 0 Å². The molecule has 1 heterocycles. The maximum Gasteiger partial charge on any atom is 0.309 e. The van der Waals surface area contributed by atoms with E-state index in [1.54, 1.807) is 13.8 Å². The van der Waals surface area contributed by atoms with Gasteiger partial charge in [-0.25, -0.2) is 4.98 Å². The summed E-state index contributed by atoms with van der Waals surface area (Å²) >= 11 is 0. The fourth-order valence-corrected chi connectivity index (χ4v) is 2.08. The third kappa shape index (κ3) is 6.70. The van der Waals surface area contributed by atoms with Gasteiger partial charge in [-0.1, -0.05) is 20.8 Å². The molecule has 0 fully saturated rings. The van der Waals surface area contributed by atoms with Crippen molar-refractivity contribution in [2.45, 2.75) is 40.2 Å². The van der Waals surface area contributed by atoms with E-state index in [9.17, 15) is 14.7 Å². The molecule has 140 valence electrons. The second-order valence-corrected chi connectivity index (χ2v) is 6.42. The molecule has 0 aromatic carbocycles. The SMILES string of the molecule is COc1ccnc(C(=O)C[C@@H](C)C(=O)O[C@@H](C)COCC(C)C)c1O. The van der Waals surface area contributed by atoms with Gasteiger partial charge in [0.25, 0.3) is 0 Å². The van der Waals surface area contributed by atoms with Crippen molar-refractivity contribution in [1.29, 1.82) is 0 Å². The van der Waals surface area contributed by atoms with Crippen LogP contribution in [0.1, 0.15) is 44.6 Å². The second-order valence-electron chi connectivity index (χ2n) is 6.42. The Kier molecular flexibility index (Phi) is 8.34. The largest absolute Gasteiger partial charge is 0.503 e. The van der Waals surface area contributed by atoms with Crippen molar-refractivity contribution in [1.82, 2.24) is 4.98 Å². The van der Waals surface area contributed by atoms with Gasteiger partial charge in [-0.3, -0.25) is 9.59 Å². The highest BCUT2D eigenvalue weighted by Crippen LogP contribution is 2.29. The number of ketones is 1. The Balaban J connectivity index is 2.56. The molecule has 0 bridgehead atoms. The van der Waals surface area contributed by atoms with Crippen molar-refractivity contribution < 1.29 is 28.9 Å². The number of methoxy groups -OCH3 is 1. The van der Waals surface area contributed by atoms with Gasteiger partial charge >= 0.3 is 5.97 Å². The first-order valence-electron chi connectivity index (χ1n) is 8.29. The molecule has 0 unspecified atom stereocenters. The summed E-state index contributed by atoms with van der Waals surface area (Å²) in [5, 5.41) is 9.96. The lowest BCUT2D eigenvalue weighted by atomic mass is 10.0. The summed E-state index contributed by atoms with van der Waals surface area (Å²) in [5.74, 6) is -1.37. The summed E-state index contributed by atoms with van der Waals surface area (Å²) in [5.41, 5.74) is -0.118. The number of Topliss-reactive ketones (excluding diaryl/α,β-unsaturated/α-hetero) is 1. The van der Waals surface area contributed by atoms with Crippen LogP contribution < -0.4 is 4.74 Å². The molecule has 0 saturated carbocycles. The van der Waals surface area contributed by atoms with Gasteiger partial charge in [-0.2, -0.15) is 0 Å². The van der Waals surface area contributed by atoms with Gasteiger partial charge < -0.3 is 19.3 Å². The van der Waals surface area contributed by atoms with E-state index < -0.39 is 23.8 Å². The van der Waals surface area contributed by atoms with Crippen molar-refractivity contribution in [3.63, 3.8) is 0 Å². The molecule has 0 radical (unpaired) electrons. The van der Waals surface area contributed by atoms with Crippen LogP contribution in [0, 0.1) is 11.8 Å². The maximum absolute atomic E-state index is 12.3. The molecular weight excluding hydrogens is 326 g/mol. The third-order valence-corrected chi connectivity index (χ3v) is 3.39. The van der Waals surface area contributed by atoms with Crippen LogP contribution in [0.2, 0.25) is 0 Å². The molecule has 0 spiro atoms. The molecule has 0 saturated heterocycles. The average Bonchev–Trinajstić information content (AvgIpc) is 2.54. The van der Waals surface area contributed by atoms with Crippen LogP contribution in [-0.2, 0) is 14.3 Å². The second kappa shape index (κ2) is 9.98. The molecule has 0 aliphatic rings. The molecular formula is C18H27NO6. The average molecular weight is 353 g/mol. The zero-order valence-corrected chi connectivity index (χ0v) is 15.4. The summed E-state index contributed by atoms with van der Waals surface area (Å²) in [6.45, 7) is 8.31. The molecule has 0 aliphatic carbocycles. The Morgan fingerprint density at radius 1 is 1.20 bits per heavy atom. The summed E-state index contributed by atoms with van der Waals surface area (Å²) in [4.78, 5) is 28.2. The number of pyridine rings is 1. The number of carbonyl (C=O) groups excluding carboxylic acids is 2. The maximum atomic E-state index is 12.3. The molecule has 1 rings (SSSR count). The van der Waals surface area contributed by atoms with Crippen LogP contribution in [0.25, 0.3) is 0 Å².